The van der Waals surface area contributed by atoms with Crippen molar-refractivity contribution >= 4 is 5.82 Å². The van der Waals surface area contributed by atoms with Crippen molar-refractivity contribution in [3.05, 3.63) is 52.9 Å². The van der Waals surface area contributed by atoms with E-state index in [0.29, 0.717) is 41.7 Å². The summed E-state index contributed by atoms with van der Waals surface area (Å²) in [6.07, 6.45) is 3.72. The molecular weight excluding hydrogens is 434 g/mol. The molecule has 1 unspecified atom stereocenters. The van der Waals surface area contributed by atoms with E-state index >= 15 is 0 Å². The molecule has 2 saturated heterocycles. The predicted molar refractivity (Wildman–Crippen MR) is 127 cm³/mol. The van der Waals surface area contributed by atoms with Crippen LogP contribution < -0.4 is 20.5 Å². The molecule has 6 rings (SSSR count). The number of aromatic hydroxyl groups is 1. The third kappa shape index (κ3) is 3.80. The third-order valence-electron chi connectivity index (χ3n) is 6.98. The van der Waals surface area contributed by atoms with Crippen molar-refractivity contribution < 1.29 is 14.6 Å². The molecule has 3 atom stereocenters. The largest absolute Gasteiger partial charge is 0.507 e. The lowest BCUT2D eigenvalue weighted by molar-refractivity contribution is 0.0173. The van der Waals surface area contributed by atoms with E-state index < -0.39 is 0 Å². The molecule has 2 fully saturated rings. The van der Waals surface area contributed by atoms with Gasteiger partial charge in [0.2, 0.25) is 0 Å². The van der Waals surface area contributed by atoms with E-state index in [0.717, 1.165) is 49.5 Å². The highest BCUT2D eigenvalue weighted by Gasteiger charge is 2.37. The van der Waals surface area contributed by atoms with Crippen molar-refractivity contribution in [2.24, 2.45) is 7.05 Å². The minimum absolute atomic E-state index is 0.0753. The van der Waals surface area contributed by atoms with E-state index in [4.69, 9.17) is 9.47 Å². The van der Waals surface area contributed by atoms with Gasteiger partial charge in [-0.05, 0) is 42.2 Å². The smallest absolute Gasteiger partial charge is 0.250 e. The Morgan fingerprint density at radius 1 is 1.06 bits per heavy atom. The number of anilines is 1. The molecule has 0 radical (unpaired) electrons. The van der Waals surface area contributed by atoms with Crippen LogP contribution in [-0.2, 0) is 11.8 Å². The van der Waals surface area contributed by atoms with Crippen LogP contribution in [-0.4, -0.2) is 64.4 Å². The molecule has 0 amide bonds. The lowest BCUT2D eigenvalue weighted by Crippen LogP contribution is -2.59. The first-order chi connectivity index (χ1) is 16.5. The first-order valence-corrected chi connectivity index (χ1v) is 11.7. The zero-order valence-electron chi connectivity index (χ0n) is 19.0. The molecule has 3 aromatic rings. The number of phenols is 1. The molecule has 5 heterocycles. The Hall–Kier alpha value is -3.43. The highest BCUT2D eigenvalue weighted by Crippen LogP contribution is 2.38. The third-order valence-corrected chi connectivity index (χ3v) is 6.98. The second kappa shape index (κ2) is 8.41. The van der Waals surface area contributed by atoms with Crippen molar-refractivity contribution in [2.75, 3.05) is 31.3 Å². The zero-order chi connectivity index (χ0) is 23.2. The first-order valence-electron chi connectivity index (χ1n) is 11.7. The lowest BCUT2D eigenvalue weighted by Gasteiger charge is -2.45. The van der Waals surface area contributed by atoms with Crippen LogP contribution in [0.2, 0.25) is 0 Å². The van der Waals surface area contributed by atoms with Crippen LogP contribution >= 0.6 is 0 Å². The highest BCUT2D eigenvalue weighted by atomic mass is 16.5. The molecule has 0 aliphatic carbocycles. The molecule has 9 heteroatoms. The number of rotatable bonds is 3. The Balaban J connectivity index is 1.28. The van der Waals surface area contributed by atoms with E-state index in [9.17, 15) is 9.90 Å². The fourth-order valence-corrected chi connectivity index (χ4v) is 5.24. The van der Waals surface area contributed by atoms with Crippen LogP contribution in [0.1, 0.15) is 12.8 Å². The molecule has 1 aromatic carbocycles. The van der Waals surface area contributed by atoms with Crippen LogP contribution in [0.25, 0.3) is 22.4 Å². The number of phenolic OH excluding ortho intramolecular Hbond substituents is 1. The normalized spacial score (nSPS) is 23.8. The van der Waals surface area contributed by atoms with Crippen LogP contribution in [0.3, 0.4) is 0 Å². The van der Waals surface area contributed by atoms with Gasteiger partial charge in [-0.1, -0.05) is 6.07 Å². The molecule has 2 bridgehead atoms. The number of hydrogen-bond acceptors (Lipinski definition) is 8. The van der Waals surface area contributed by atoms with E-state index in [2.05, 4.69) is 20.4 Å². The molecule has 2 aromatic heterocycles. The summed E-state index contributed by atoms with van der Waals surface area (Å²) in [5.74, 6) is 1.52. The Bertz CT molecular complexity index is 1280. The fraction of sp³-hybridized carbons (Fsp3) is 0.400. The molecule has 9 nitrogen and oxygen atoms in total. The summed E-state index contributed by atoms with van der Waals surface area (Å²) in [4.78, 5) is 14.3. The van der Waals surface area contributed by atoms with Gasteiger partial charge in [-0.25, -0.2) is 0 Å². The summed E-state index contributed by atoms with van der Waals surface area (Å²) in [7, 11) is 1.70. The fourth-order valence-electron chi connectivity index (χ4n) is 5.24. The highest BCUT2D eigenvalue weighted by molar-refractivity contribution is 5.75. The van der Waals surface area contributed by atoms with Gasteiger partial charge >= 0.3 is 0 Å². The number of morpholine rings is 1. The first kappa shape index (κ1) is 21.1. The van der Waals surface area contributed by atoms with Gasteiger partial charge < -0.3 is 29.4 Å². The molecule has 176 valence electrons. The summed E-state index contributed by atoms with van der Waals surface area (Å²) < 4.78 is 13.2. The topological polar surface area (TPSA) is 102 Å². The molecule has 0 spiro atoms. The van der Waals surface area contributed by atoms with Crippen molar-refractivity contribution in [3.8, 4) is 33.9 Å². The van der Waals surface area contributed by atoms with E-state index in [-0.39, 0.29) is 11.3 Å². The molecule has 3 aliphatic rings. The number of nitrogens with zero attached hydrogens (tertiary/aromatic N) is 4. The van der Waals surface area contributed by atoms with Crippen LogP contribution in [0.4, 0.5) is 5.82 Å². The number of ether oxygens (including phenoxy) is 2. The minimum atomic E-state index is -0.103. The maximum absolute atomic E-state index is 12.0. The van der Waals surface area contributed by atoms with Crippen molar-refractivity contribution in [1.29, 1.82) is 0 Å². The van der Waals surface area contributed by atoms with Gasteiger partial charge in [-0.3, -0.25) is 4.79 Å². The summed E-state index contributed by atoms with van der Waals surface area (Å²) in [5.41, 5.74) is 2.51. The van der Waals surface area contributed by atoms with Crippen LogP contribution in [0.15, 0.2) is 47.4 Å². The van der Waals surface area contributed by atoms with Crippen molar-refractivity contribution in [3.63, 3.8) is 0 Å². The monoisotopic (exact) mass is 461 g/mol. The number of benzene rings is 1. The van der Waals surface area contributed by atoms with Crippen molar-refractivity contribution in [1.82, 2.24) is 20.1 Å². The van der Waals surface area contributed by atoms with Gasteiger partial charge in [0.05, 0.1) is 19.8 Å². The van der Waals surface area contributed by atoms with E-state index in [1.54, 1.807) is 31.4 Å². The van der Waals surface area contributed by atoms with Crippen molar-refractivity contribution in [2.45, 2.75) is 31.0 Å². The van der Waals surface area contributed by atoms with Gasteiger partial charge in [-0.15, -0.1) is 10.2 Å². The summed E-state index contributed by atoms with van der Waals surface area (Å²) in [6, 6.07) is 11.7. The standard InChI is InChI=1S/C25H27N5O4/c1-29-5-4-16(9-24(29)32)15-2-3-20(22(31)8-15)21-12-23-25(28-27-21)30(6-7-34-23)19-10-17-13-33-14-18(11-19)26-17/h2-5,8-9,12,17-19,26,31H,6-7,10-11,13-14H2,1H3/t17-,18+,19?. The number of hydrogen-bond donors (Lipinski definition) is 2. The van der Waals surface area contributed by atoms with Gasteiger partial charge in [0.1, 0.15) is 18.1 Å². The summed E-state index contributed by atoms with van der Waals surface area (Å²) >= 11 is 0. The molecule has 2 N–H and O–H groups in total. The van der Waals surface area contributed by atoms with Gasteiger partial charge in [0.15, 0.2) is 11.6 Å². The molecular formula is C25H27N5O4. The number of aryl methyl sites for hydroxylation is 1. The molecule has 0 saturated carbocycles. The maximum Gasteiger partial charge on any atom is 0.250 e. The average molecular weight is 462 g/mol. The number of aromatic nitrogens is 3. The van der Waals surface area contributed by atoms with Gasteiger partial charge in [-0.2, -0.15) is 0 Å². The molecule has 3 aliphatic heterocycles. The Morgan fingerprint density at radius 3 is 2.62 bits per heavy atom. The average Bonchev–Trinajstić information content (AvgIpc) is 2.84. The lowest BCUT2D eigenvalue weighted by atomic mass is 9.91. The maximum atomic E-state index is 12.0. The number of piperidine rings is 1. The Morgan fingerprint density at radius 2 is 1.85 bits per heavy atom. The second-order valence-electron chi connectivity index (χ2n) is 9.28. The summed E-state index contributed by atoms with van der Waals surface area (Å²) in [6.45, 7) is 2.87. The quantitative estimate of drug-likeness (QED) is 0.610. The zero-order valence-corrected chi connectivity index (χ0v) is 19.0. The number of fused-ring (bicyclic) bond motifs is 3. The van der Waals surface area contributed by atoms with Crippen LogP contribution in [0.5, 0.6) is 11.5 Å². The van der Waals surface area contributed by atoms with Crippen LogP contribution in [0, 0.1) is 0 Å². The Kier molecular flexibility index (Phi) is 5.23. The Labute approximate surface area is 197 Å². The van der Waals surface area contributed by atoms with E-state index in [1.807, 2.05) is 18.2 Å². The summed E-state index contributed by atoms with van der Waals surface area (Å²) in [5, 5.41) is 23.4. The minimum Gasteiger partial charge on any atom is -0.507 e. The van der Waals surface area contributed by atoms with Gasteiger partial charge in [0.25, 0.3) is 5.56 Å². The molecule has 34 heavy (non-hydrogen) atoms. The predicted octanol–water partition coefficient (Wildman–Crippen LogP) is 1.93. The second-order valence-corrected chi connectivity index (χ2v) is 9.28. The van der Waals surface area contributed by atoms with Gasteiger partial charge in [0, 0.05) is 49.1 Å². The van der Waals surface area contributed by atoms with E-state index in [1.165, 1.54) is 4.57 Å². The SMILES string of the molecule is Cn1ccc(-c2ccc(-c3cc4c(nn3)N(C3C[C@H]5COC[C@@H](C3)N5)CCO4)c(O)c2)cc1=O. The number of pyridine rings is 1. The number of nitrogens with one attached hydrogen (secondary N) is 1.